The maximum Gasteiger partial charge on any atom is 0.252 e. The van der Waals surface area contributed by atoms with Gasteiger partial charge in [-0.15, -0.1) is 0 Å². The molecule has 1 saturated carbocycles. The summed E-state index contributed by atoms with van der Waals surface area (Å²) < 4.78 is 13.1. The van der Waals surface area contributed by atoms with Gasteiger partial charge in [0.15, 0.2) is 0 Å². The Morgan fingerprint density at radius 3 is 2.56 bits per heavy atom. The monoisotopic (exact) mass is 336 g/mol. The van der Waals surface area contributed by atoms with Crippen LogP contribution < -0.4 is 10.9 Å². The normalized spacial score (nSPS) is 15.1. The zero-order valence-corrected chi connectivity index (χ0v) is 13.5. The number of carbonyl (C=O) groups is 1. The fourth-order valence-corrected chi connectivity index (χ4v) is 3.26. The van der Waals surface area contributed by atoms with Crippen LogP contribution >= 0.6 is 0 Å². The van der Waals surface area contributed by atoms with E-state index in [9.17, 15) is 14.0 Å². The van der Waals surface area contributed by atoms with E-state index in [-0.39, 0.29) is 22.7 Å². The number of pyridine rings is 1. The largest absolute Gasteiger partial charge is 0.351 e. The second kappa shape index (κ2) is 5.84. The van der Waals surface area contributed by atoms with Gasteiger partial charge in [0.2, 0.25) is 5.56 Å². The summed E-state index contributed by atoms with van der Waals surface area (Å²) in [5.41, 5.74) is 1.61. The maximum absolute atomic E-state index is 13.1. The molecular formula is C20H17FN2O2. The molecule has 0 atom stereocenters. The van der Waals surface area contributed by atoms with Crippen molar-refractivity contribution in [2.24, 2.45) is 0 Å². The molecule has 1 aliphatic carbocycles. The van der Waals surface area contributed by atoms with Crippen molar-refractivity contribution < 1.29 is 9.18 Å². The molecule has 0 unspecified atom stereocenters. The van der Waals surface area contributed by atoms with E-state index < -0.39 is 0 Å². The third-order valence-electron chi connectivity index (χ3n) is 4.89. The van der Waals surface area contributed by atoms with Crippen molar-refractivity contribution in [3.63, 3.8) is 0 Å². The lowest BCUT2D eigenvalue weighted by Gasteiger charge is -2.17. The van der Waals surface area contributed by atoms with E-state index in [1.165, 1.54) is 18.2 Å². The van der Waals surface area contributed by atoms with Crippen LogP contribution in [0.1, 0.15) is 28.8 Å². The first-order chi connectivity index (χ1) is 12.1. The topological polar surface area (TPSA) is 62.0 Å². The molecule has 3 aromatic rings. The van der Waals surface area contributed by atoms with Gasteiger partial charge >= 0.3 is 0 Å². The molecule has 4 nitrogen and oxygen atoms in total. The number of hydrogen-bond donors (Lipinski definition) is 2. The molecule has 2 aromatic carbocycles. The first-order valence-corrected chi connectivity index (χ1v) is 8.24. The summed E-state index contributed by atoms with van der Waals surface area (Å²) in [7, 11) is 0. The number of fused-ring (bicyclic) bond motifs is 1. The fourth-order valence-electron chi connectivity index (χ4n) is 3.26. The first kappa shape index (κ1) is 15.6. The van der Waals surface area contributed by atoms with Gasteiger partial charge in [-0.25, -0.2) is 4.39 Å². The van der Waals surface area contributed by atoms with Crippen LogP contribution in [0.15, 0.2) is 59.4 Å². The first-order valence-electron chi connectivity index (χ1n) is 8.24. The number of aromatic amines is 1. The van der Waals surface area contributed by atoms with Gasteiger partial charge < -0.3 is 10.3 Å². The summed E-state index contributed by atoms with van der Waals surface area (Å²) in [4.78, 5) is 27.2. The molecule has 5 heteroatoms. The van der Waals surface area contributed by atoms with Gasteiger partial charge in [0.25, 0.3) is 5.91 Å². The van der Waals surface area contributed by atoms with Crippen molar-refractivity contribution in [1.82, 2.24) is 10.3 Å². The maximum atomic E-state index is 13.1. The molecule has 126 valence electrons. The molecule has 1 aromatic heterocycles. The van der Waals surface area contributed by atoms with Crippen molar-refractivity contribution in [3.8, 4) is 0 Å². The van der Waals surface area contributed by atoms with E-state index in [4.69, 9.17) is 0 Å². The van der Waals surface area contributed by atoms with Crippen molar-refractivity contribution in [2.75, 3.05) is 6.54 Å². The van der Waals surface area contributed by atoms with E-state index in [0.717, 1.165) is 18.4 Å². The molecule has 1 heterocycles. The number of carbonyl (C=O) groups excluding carboxylic acids is 1. The number of nitrogens with one attached hydrogen (secondary N) is 2. The zero-order valence-electron chi connectivity index (χ0n) is 13.5. The van der Waals surface area contributed by atoms with Crippen LogP contribution in [0.5, 0.6) is 0 Å². The molecule has 2 N–H and O–H groups in total. The average molecular weight is 336 g/mol. The van der Waals surface area contributed by atoms with Crippen molar-refractivity contribution in [3.05, 3.63) is 81.9 Å². The van der Waals surface area contributed by atoms with Crippen LogP contribution in [-0.4, -0.2) is 17.4 Å². The Kier molecular flexibility index (Phi) is 3.64. The second-order valence-electron chi connectivity index (χ2n) is 6.56. The van der Waals surface area contributed by atoms with Crippen LogP contribution in [0.3, 0.4) is 0 Å². The quantitative estimate of drug-likeness (QED) is 0.769. The predicted octanol–water partition coefficient (Wildman–Crippen LogP) is 3.13. The van der Waals surface area contributed by atoms with E-state index in [1.807, 2.05) is 18.2 Å². The predicted molar refractivity (Wildman–Crippen MR) is 94.2 cm³/mol. The van der Waals surface area contributed by atoms with Crippen molar-refractivity contribution in [1.29, 1.82) is 0 Å². The van der Waals surface area contributed by atoms with Gasteiger partial charge in [-0.05, 0) is 36.6 Å². The Labute approximate surface area is 143 Å². The van der Waals surface area contributed by atoms with E-state index >= 15 is 0 Å². The van der Waals surface area contributed by atoms with E-state index in [0.29, 0.717) is 23.0 Å². The van der Waals surface area contributed by atoms with Crippen LogP contribution in [0, 0.1) is 5.82 Å². The van der Waals surface area contributed by atoms with Crippen LogP contribution in [0.2, 0.25) is 0 Å². The standard InChI is InChI=1S/C20H17FN2O2/c21-14-7-5-13(6-8-14)20(9-10-20)12-22-19(25)16-11-18(24)23-17-4-2-1-3-15(16)17/h1-8,11H,9-10,12H2,(H,22,25)(H,23,24). The molecule has 0 aliphatic heterocycles. The minimum absolute atomic E-state index is 0.125. The smallest absolute Gasteiger partial charge is 0.252 e. The van der Waals surface area contributed by atoms with Crippen LogP contribution in [0.25, 0.3) is 10.9 Å². The van der Waals surface area contributed by atoms with E-state index in [1.54, 1.807) is 18.2 Å². The second-order valence-corrected chi connectivity index (χ2v) is 6.56. The molecule has 25 heavy (non-hydrogen) atoms. The summed E-state index contributed by atoms with van der Waals surface area (Å²) in [5, 5.41) is 3.66. The number of para-hydroxylation sites is 1. The van der Waals surface area contributed by atoms with Crippen LogP contribution in [0.4, 0.5) is 4.39 Å². The fraction of sp³-hybridized carbons (Fsp3) is 0.200. The summed E-state index contributed by atoms with van der Waals surface area (Å²) >= 11 is 0. The lowest BCUT2D eigenvalue weighted by Crippen LogP contribution is -2.33. The van der Waals surface area contributed by atoms with E-state index in [2.05, 4.69) is 10.3 Å². The van der Waals surface area contributed by atoms with Crippen molar-refractivity contribution in [2.45, 2.75) is 18.3 Å². The summed E-state index contributed by atoms with van der Waals surface area (Å²) in [6.45, 7) is 0.471. The molecule has 0 bridgehead atoms. The Hall–Kier alpha value is -2.95. The highest BCUT2D eigenvalue weighted by atomic mass is 19.1. The van der Waals surface area contributed by atoms with Gasteiger partial charge in [-0.3, -0.25) is 9.59 Å². The Bertz CT molecular complexity index is 1000. The molecule has 0 saturated heterocycles. The molecular weight excluding hydrogens is 319 g/mol. The highest BCUT2D eigenvalue weighted by Gasteiger charge is 2.44. The highest BCUT2D eigenvalue weighted by Crippen LogP contribution is 2.47. The molecule has 0 spiro atoms. The molecule has 1 fully saturated rings. The Morgan fingerprint density at radius 2 is 1.84 bits per heavy atom. The number of rotatable bonds is 4. The van der Waals surface area contributed by atoms with Gasteiger partial charge in [0, 0.05) is 28.9 Å². The van der Waals surface area contributed by atoms with Gasteiger partial charge in [0.05, 0.1) is 5.56 Å². The third-order valence-corrected chi connectivity index (χ3v) is 4.89. The number of aromatic nitrogens is 1. The summed E-state index contributed by atoms with van der Waals surface area (Å²) in [6, 6.07) is 15.0. The lowest BCUT2D eigenvalue weighted by molar-refractivity contribution is 0.0951. The van der Waals surface area contributed by atoms with Gasteiger partial charge in [0.1, 0.15) is 5.82 Å². The van der Waals surface area contributed by atoms with Gasteiger partial charge in [-0.1, -0.05) is 30.3 Å². The highest BCUT2D eigenvalue weighted by molar-refractivity contribution is 6.05. The minimum Gasteiger partial charge on any atom is -0.351 e. The molecule has 1 aliphatic rings. The molecule has 4 rings (SSSR count). The molecule has 1 amide bonds. The Morgan fingerprint density at radius 1 is 1.12 bits per heavy atom. The zero-order chi connectivity index (χ0) is 17.4. The number of H-pyrrole nitrogens is 1. The number of halogens is 1. The average Bonchev–Trinajstić information content (AvgIpc) is 3.40. The summed E-state index contributed by atoms with van der Waals surface area (Å²) in [6.07, 6.45) is 1.91. The molecule has 0 radical (unpaired) electrons. The number of amides is 1. The number of hydrogen-bond acceptors (Lipinski definition) is 2. The SMILES string of the molecule is O=C(NCC1(c2ccc(F)cc2)CC1)c1cc(=O)[nH]c2ccccc12. The Balaban J connectivity index is 1.57. The number of benzene rings is 2. The van der Waals surface area contributed by atoms with Crippen LogP contribution in [-0.2, 0) is 5.41 Å². The van der Waals surface area contributed by atoms with Crippen molar-refractivity contribution >= 4 is 16.8 Å². The van der Waals surface area contributed by atoms with Gasteiger partial charge in [-0.2, -0.15) is 0 Å². The lowest BCUT2D eigenvalue weighted by atomic mass is 9.95. The third kappa shape index (κ3) is 2.93. The minimum atomic E-state index is -0.302. The summed E-state index contributed by atoms with van der Waals surface area (Å²) in [5.74, 6) is -0.533.